The number of methoxy groups -OCH3 is 1. The van der Waals surface area contributed by atoms with Gasteiger partial charge in [-0.2, -0.15) is 0 Å². The Hall–Kier alpha value is -1.43. The molecule has 110 valence electrons. The van der Waals surface area contributed by atoms with E-state index >= 15 is 0 Å². The van der Waals surface area contributed by atoms with Crippen LogP contribution in [0.3, 0.4) is 0 Å². The van der Waals surface area contributed by atoms with E-state index in [4.69, 9.17) is 16.2 Å². The Kier molecular flexibility index (Phi) is 4.75. The molecule has 0 aromatic heterocycles. The van der Waals surface area contributed by atoms with Crippen molar-refractivity contribution in [1.82, 2.24) is 4.90 Å². The molecule has 1 aromatic carbocycles. The second-order valence-electron chi connectivity index (χ2n) is 5.55. The van der Waals surface area contributed by atoms with Crippen LogP contribution in [0.1, 0.15) is 12.0 Å². The summed E-state index contributed by atoms with van der Waals surface area (Å²) in [5.41, 5.74) is 11.5. The third-order valence-corrected chi connectivity index (χ3v) is 3.97. The van der Waals surface area contributed by atoms with Crippen molar-refractivity contribution in [2.75, 3.05) is 33.4 Å². The van der Waals surface area contributed by atoms with Crippen LogP contribution in [0.5, 0.6) is 0 Å². The van der Waals surface area contributed by atoms with Crippen molar-refractivity contribution in [3.8, 4) is 0 Å². The first-order chi connectivity index (χ1) is 9.56. The van der Waals surface area contributed by atoms with Crippen LogP contribution in [0.2, 0.25) is 0 Å². The first kappa shape index (κ1) is 15.0. The number of likely N-dealkylation sites (tertiary alicyclic amines) is 1. The molecule has 4 N–H and O–H groups in total. The van der Waals surface area contributed by atoms with Gasteiger partial charge >= 0.3 is 0 Å². The van der Waals surface area contributed by atoms with Gasteiger partial charge in [0.1, 0.15) is 5.54 Å². The predicted molar refractivity (Wildman–Crippen MR) is 77.9 cm³/mol. The Labute approximate surface area is 119 Å². The highest BCUT2D eigenvalue weighted by molar-refractivity contribution is 5.86. The van der Waals surface area contributed by atoms with Crippen LogP contribution < -0.4 is 11.5 Å². The van der Waals surface area contributed by atoms with E-state index in [1.54, 1.807) is 7.11 Å². The molecule has 5 nitrogen and oxygen atoms in total. The highest BCUT2D eigenvalue weighted by atomic mass is 16.5. The maximum absolute atomic E-state index is 11.9. The molecule has 0 spiro atoms. The van der Waals surface area contributed by atoms with Crippen molar-refractivity contribution in [1.29, 1.82) is 0 Å². The second-order valence-corrected chi connectivity index (χ2v) is 5.55. The summed E-state index contributed by atoms with van der Waals surface area (Å²) < 4.78 is 5.19. The Morgan fingerprint density at radius 3 is 2.75 bits per heavy atom. The van der Waals surface area contributed by atoms with Gasteiger partial charge in [0, 0.05) is 20.2 Å². The summed E-state index contributed by atoms with van der Waals surface area (Å²) in [6.07, 6.45) is 1.07. The third-order valence-electron chi connectivity index (χ3n) is 3.97. The summed E-state index contributed by atoms with van der Waals surface area (Å²) in [5.74, 6) is 0.0202. The van der Waals surface area contributed by atoms with Gasteiger partial charge in [0.15, 0.2) is 0 Å². The fraction of sp³-hybridized carbons (Fsp3) is 0.533. The van der Waals surface area contributed by atoms with E-state index in [0.717, 1.165) is 31.7 Å². The molecule has 1 aliphatic rings. The zero-order chi connectivity index (χ0) is 14.6. The van der Waals surface area contributed by atoms with E-state index in [0.29, 0.717) is 12.5 Å². The van der Waals surface area contributed by atoms with E-state index in [-0.39, 0.29) is 0 Å². The first-order valence-electron chi connectivity index (χ1n) is 6.92. The summed E-state index contributed by atoms with van der Waals surface area (Å²) in [7, 11) is 1.71. The molecule has 0 saturated carbocycles. The molecule has 20 heavy (non-hydrogen) atoms. The number of hydrogen-bond donors (Lipinski definition) is 2. The maximum Gasteiger partial charge on any atom is 0.243 e. The highest BCUT2D eigenvalue weighted by Crippen LogP contribution is 2.24. The quantitative estimate of drug-likeness (QED) is 0.783. The molecule has 2 atom stereocenters. The van der Waals surface area contributed by atoms with Crippen molar-refractivity contribution in [3.63, 3.8) is 0 Å². The minimum absolute atomic E-state index is 0.451. The zero-order valence-electron chi connectivity index (χ0n) is 11.9. The Bertz CT molecular complexity index is 452. The number of amides is 1. The normalized spacial score (nSPS) is 22.6. The second kappa shape index (κ2) is 6.35. The fourth-order valence-corrected chi connectivity index (χ4v) is 2.83. The molecular weight excluding hydrogens is 254 g/mol. The maximum atomic E-state index is 11.9. The Morgan fingerprint density at radius 1 is 1.45 bits per heavy atom. The molecule has 0 radical (unpaired) electrons. The number of benzene rings is 1. The zero-order valence-corrected chi connectivity index (χ0v) is 11.9. The lowest BCUT2D eigenvalue weighted by Crippen LogP contribution is -2.56. The minimum Gasteiger partial charge on any atom is -0.384 e. The molecule has 1 aliphatic heterocycles. The van der Waals surface area contributed by atoms with E-state index in [1.165, 1.54) is 0 Å². The van der Waals surface area contributed by atoms with Gasteiger partial charge in [0.2, 0.25) is 5.91 Å². The van der Waals surface area contributed by atoms with Gasteiger partial charge in [-0.1, -0.05) is 30.3 Å². The molecule has 5 heteroatoms. The van der Waals surface area contributed by atoms with Gasteiger partial charge in [-0.3, -0.25) is 4.79 Å². The number of nitrogens with two attached hydrogens (primary N) is 2. The molecule has 1 amide bonds. The minimum atomic E-state index is -1.14. The summed E-state index contributed by atoms with van der Waals surface area (Å²) in [6, 6.07) is 9.35. The molecule has 1 fully saturated rings. The first-order valence-corrected chi connectivity index (χ1v) is 6.92. The lowest BCUT2D eigenvalue weighted by Gasteiger charge is -2.31. The standard InChI is InChI=1S/C15H23N3O2/c1-20-10-12-7-8-18(9-12)11-15(17,14(16)19)13-5-3-2-4-6-13/h2-6,12H,7-11,17H2,1H3,(H2,16,19). The molecule has 1 aromatic rings. The van der Waals surface area contributed by atoms with Gasteiger partial charge in [-0.05, 0) is 24.4 Å². The van der Waals surface area contributed by atoms with Crippen molar-refractivity contribution in [3.05, 3.63) is 35.9 Å². The van der Waals surface area contributed by atoms with Crippen molar-refractivity contribution in [2.24, 2.45) is 17.4 Å². The van der Waals surface area contributed by atoms with E-state index < -0.39 is 11.4 Å². The lowest BCUT2D eigenvalue weighted by molar-refractivity contribution is -0.124. The molecule has 0 bridgehead atoms. The highest BCUT2D eigenvalue weighted by Gasteiger charge is 2.37. The predicted octanol–water partition coefficient (Wildman–Crippen LogP) is 0.294. The topological polar surface area (TPSA) is 81.6 Å². The number of carbonyl (C=O) groups excluding carboxylic acids is 1. The van der Waals surface area contributed by atoms with Crippen molar-refractivity contribution < 1.29 is 9.53 Å². The van der Waals surface area contributed by atoms with E-state index in [9.17, 15) is 4.79 Å². The Balaban J connectivity index is 2.09. The third kappa shape index (κ3) is 3.17. The average Bonchev–Trinajstić information content (AvgIpc) is 2.87. The SMILES string of the molecule is COCC1CCN(CC(N)(C(N)=O)c2ccccc2)C1. The summed E-state index contributed by atoms with van der Waals surface area (Å²) in [5, 5.41) is 0. The molecule has 1 saturated heterocycles. The van der Waals surface area contributed by atoms with Crippen LogP contribution in [0, 0.1) is 5.92 Å². The largest absolute Gasteiger partial charge is 0.384 e. The lowest BCUT2D eigenvalue weighted by atomic mass is 9.89. The Morgan fingerprint density at radius 2 is 2.15 bits per heavy atom. The monoisotopic (exact) mass is 277 g/mol. The van der Waals surface area contributed by atoms with Crippen LogP contribution in [-0.4, -0.2) is 44.2 Å². The average molecular weight is 277 g/mol. The smallest absolute Gasteiger partial charge is 0.243 e. The van der Waals surface area contributed by atoms with Crippen LogP contribution in [-0.2, 0) is 15.1 Å². The number of carbonyl (C=O) groups is 1. The van der Waals surface area contributed by atoms with Gasteiger partial charge in [0.25, 0.3) is 0 Å². The van der Waals surface area contributed by atoms with E-state index in [2.05, 4.69) is 4.90 Å². The fourth-order valence-electron chi connectivity index (χ4n) is 2.83. The number of ether oxygens (including phenoxy) is 1. The molecular formula is C15H23N3O2. The van der Waals surface area contributed by atoms with Crippen molar-refractivity contribution >= 4 is 5.91 Å². The van der Waals surface area contributed by atoms with Gasteiger partial charge in [0.05, 0.1) is 6.61 Å². The molecule has 0 aliphatic carbocycles. The number of primary amides is 1. The number of rotatable bonds is 6. The van der Waals surface area contributed by atoms with Crippen LogP contribution in [0.25, 0.3) is 0 Å². The van der Waals surface area contributed by atoms with Crippen molar-refractivity contribution in [2.45, 2.75) is 12.0 Å². The van der Waals surface area contributed by atoms with E-state index in [1.807, 2.05) is 30.3 Å². The molecule has 2 unspecified atom stereocenters. The number of nitrogens with zero attached hydrogens (tertiary/aromatic N) is 1. The van der Waals surface area contributed by atoms with Crippen LogP contribution in [0.4, 0.5) is 0 Å². The number of hydrogen-bond acceptors (Lipinski definition) is 4. The van der Waals surface area contributed by atoms with Crippen LogP contribution in [0.15, 0.2) is 30.3 Å². The molecule has 2 rings (SSSR count). The summed E-state index contributed by atoms with van der Waals surface area (Å²) >= 11 is 0. The summed E-state index contributed by atoms with van der Waals surface area (Å²) in [6.45, 7) is 3.02. The van der Waals surface area contributed by atoms with Crippen LogP contribution >= 0.6 is 0 Å². The van der Waals surface area contributed by atoms with Gasteiger partial charge in [-0.15, -0.1) is 0 Å². The van der Waals surface area contributed by atoms with Gasteiger partial charge < -0.3 is 21.1 Å². The van der Waals surface area contributed by atoms with Gasteiger partial charge in [-0.25, -0.2) is 0 Å². The summed E-state index contributed by atoms with van der Waals surface area (Å²) in [4.78, 5) is 14.1. The molecule has 1 heterocycles.